The van der Waals surface area contributed by atoms with Crippen molar-refractivity contribution in [2.45, 2.75) is 0 Å². The fourth-order valence-corrected chi connectivity index (χ4v) is 6.24. The number of aromatic nitrogens is 1. The molecule has 0 radical (unpaired) electrons. The van der Waals surface area contributed by atoms with Gasteiger partial charge in [-0.3, -0.25) is 0 Å². The van der Waals surface area contributed by atoms with Crippen LogP contribution in [-0.2, 0) is 0 Å². The summed E-state index contributed by atoms with van der Waals surface area (Å²) in [4.78, 5) is 7.10. The SMILES string of the molecule is c1ccc(-c2nc3ccc4ccc5cc(N(c6ccccc6)c6ccc7c(c6)oc6ccccc67)ccc5c4c3o2)cc1. The Hall–Kier alpha value is -5.87. The zero-order valence-corrected chi connectivity index (χ0v) is 23.1. The van der Waals surface area contributed by atoms with Gasteiger partial charge in [0.1, 0.15) is 16.7 Å². The van der Waals surface area contributed by atoms with Crippen molar-refractivity contribution in [1.82, 2.24) is 4.98 Å². The van der Waals surface area contributed by atoms with Gasteiger partial charge in [-0.05, 0) is 76.8 Å². The minimum absolute atomic E-state index is 0.632. The van der Waals surface area contributed by atoms with E-state index in [9.17, 15) is 0 Å². The Balaban J connectivity index is 1.23. The van der Waals surface area contributed by atoms with E-state index in [-0.39, 0.29) is 0 Å². The number of fused-ring (bicyclic) bond motifs is 8. The first-order valence-corrected chi connectivity index (χ1v) is 14.4. The standard InChI is InChI=1S/C39H24N2O2/c1-3-9-26(10-4-1)39-40-34-22-17-25-15-16-27-23-29(18-20-31(27)37(25)38(34)43-39)41(28-11-5-2-6-12-28)30-19-21-33-32-13-7-8-14-35(32)42-36(33)24-30/h1-24H. The molecule has 0 atom stereocenters. The fourth-order valence-electron chi connectivity index (χ4n) is 6.24. The first kappa shape index (κ1) is 23.8. The second-order valence-corrected chi connectivity index (χ2v) is 10.8. The first-order valence-electron chi connectivity index (χ1n) is 14.4. The molecule has 43 heavy (non-hydrogen) atoms. The smallest absolute Gasteiger partial charge is 0.227 e. The van der Waals surface area contributed by atoms with Crippen molar-refractivity contribution in [1.29, 1.82) is 0 Å². The van der Waals surface area contributed by atoms with Crippen LogP contribution in [0.5, 0.6) is 0 Å². The molecule has 2 heterocycles. The summed E-state index contributed by atoms with van der Waals surface area (Å²) >= 11 is 0. The van der Waals surface area contributed by atoms with Crippen molar-refractivity contribution in [3.8, 4) is 11.5 Å². The zero-order valence-electron chi connectivity index (χ0n) is 23.1. The summed E-state index contributed by atoms with van der Waals surface area (Å²) in [7, 11) is 0. The summed E-state index contributed by atoms with van der Waals surface area (Å²) < 4.78 is 12.7. The van der Waals surface area contributed by atoms with E-state index in [2.05, 4.69) is 95.9 Å². The molecule has 0 N–H and O–H groups in total. The lowest BCUT2D eigenvalue weighted by atomic mass is 10.00. The van der Waals surface area contributed by atoms with Gasteiger partial charge < -0.3 is 13.7 Å². The molecule has 0 aliphatic rings. The van der Waals surface area contributed by atoms with E-state index in [1.807, 2.05) is 54.6 Å². The molecule has 0 unspecified atom stereocenters. The van der Waals surface area contributed by atoms with E-state index in [0.29, 0.717) is 5.89 Å². The van der Waals surface area contributed by atoms with Crippen LogP contribution < -0.4 is 4.90 Å². The second kappa shape index (κ2) is 9.33. The summed E-state index contributed by atoms with van der Waals surface area (Å²) in [6.07, 6.45) is 0. The fraction of sp³-hybridized carbons (Fsp3) is 0. The normalized spacial score (nSPS) is 11.7. The van der Waals surface area contributed by atoms with E-state index >= 15 is 0 Å². The number of hydrogen-bond donors (Lipinski definition) is 0. The number of benzene rings is 7. The summed E-state index contributed by atoms with van der Waals surface area (Å²) in [5.41, 5.74) is 7.56. The molecular weight excluding hydrogens is 528 g/mol. The summed E-state index contributed by atoms with van der Waals surface area (Å²) in [6, 6.07) is 50.3. The molecule has 9 rings (SSSR count). The molecule has 0 spiro atoms. The van der Waals surface area contributed by atoms with Crippen LogP contribution in [0.3, 0.4) is 0 Å². The molecule has 0 saturated carbocycles. The predicted molar refractivity (Wildman–Crippen MR) is 176 cm³/mol. The minimum Gasteiger partial charge on any atom is -0.456 e. The highest BCUT2D eigenvalue weighted by Gasteiger charge is 2.18. The number of nitrogens with zero attached hydrogens (tertiary/aromatic N) is 2. The molecule has 7 aromatic carbocycles. The van der Waals surface area contributed by atoms with Gasteiger partial charge in [0.15, 0.2) is 5.58 Å². The van der Waals surface area contributed by atoms with Crippen LogP contribution in [0.15, 0.2) is 154 Å². The lowest BCUT2D eigenvalue weighted by Gasteiger charge is -2.26. The van der Waals surface area contributed by atoms with Gasteiger partial charge in [-0.2, -0.15) is 0 Å². The third-order valence-electron chi connectivity index (χ3n) is 8.25. The van der Waals surface area contributed by atoms with Gasteiger partial charge in [0.2, 0.25) is 5.89 Å². The van der Waals surface area contributed by atoms with Gasteiger partial charge in [0.25, 0.3) is 0 Å². The van der Waals surface area contributed by atoms with Gasteiger partial charge in [-0.25, -0.2) is 4.98 Å². The predicted octanol–water partition coefficient (Wildman–Crippen LogP) is 11.2. The maximum Gasteiger partial charge on any atom is 0.227 e. The van der Waals surface area contributed by atoms with Crippen LogP contribution >= 0.6 is 0 Å². The van der Waals surface area contributed by atoms with E-state index in [0.717, 1.165) is 77.2 Å². The first-order chi connectivity index (χ1) is 21.3. The van der Waals surface area contributed by atoms with Crippen molar-refractivity contribution in [3.63, 3.8) is 0 Å². The zero-order chi connectivity index (χ0) is 28.3. The Kier molecular flexibility index (Phi) is 5.16. The number of rotatable bonds is 4. The minimum atomic E-state index is 0.632. The monoisotopic (exact) mass is 552 g/mol. The molecule has 9 aromatic rings. The molecule has 0 saturated heterocycles. The van der Waals surface area contributed by atoms with Gasteiger partial charge in [0.05, 0.1) is 0 Å². The molecule has 4 nitrogen and oxygen atoms in total. The van der Waals surface area contributed by atoms with Crippen molar-refractivity contribution in [2.75, 3.05) is 4.90 Å². The average molecular weight is 553 g/mol. The Morgan fingerprint density at radius 3 is 2.00 bits per heavy atom. The quantitative estimate of drug-likeness (QED) is 0.204. The average Bonchev–Trinajstić information content (AvgIpc) is 3.67. The molecule has 0 amide bonds. The molecule has 0 aliphatic heterocycles. The van der Waals surface area contributed by atoms with Crippen molar-refractivity contribution in [2.24, 2.45) is 0 Å². The lowest BCUT2D eigenvalue weighted by molar-refractivity contribution is 0.623. The third-order valence-corrected chi connectivity index (χ3v) is 8.25. The number of hydrogen-bond acceptors (Lipinski definition) is 4. The van der Waals surface area contributed by atoms with E-state index in [1.54, 1.807) is 0 Å². The molecule has 4 heteroatoms. The summed E-state index contributed by atoms with van der Waals surface area (Å²) in [5.74, 6) is 0.632. The summed E-state index contributed by atoms with van der Waals surface area (Å²) in [5, 5.41) is 6.69. The molecule has 202 valence electrons. The summed E-state index contributed by atoms with van der Waals surface area (Å²) in [6.45, 7) is 0. The molecular formula is C39H24N2O2. The van der Waals surface area contributed by atoms with Crippen molar-refractivity contribution in [3.05, 3.63) is 146 Å². The van der Waals surface area contributed by atoms with E-state index in [4.69, 9.17) is 13.8 Å². The van der Waals surface area contributed by atoms with Crippen molar-refractivity contribution >= 4 is 71.6 Å². The number of oxazole rings is 1. The maximum atomic E-state index is 6.43. The van der Waals surface area contributed by atoms with Crippen LogP contribution in [0.1, 0.15) is 0 Å². The number of para-hydroxylation sites is 2. The van der Waals surface area contributed by atoms with Crippen LogP contribution in [0, 0.1) is 0 Å². The highest BCUT2D eigenvalue weighted by atomic mass is 16.3. The topological polar surface area (TPSA) is 42.4 Å². The van der Waals surface area contributed by atoms with E-state index in [1.165, 1.54) is 0 Å². The lowest BCUT2D eigenvalue weighted by Crippen LogP contribution is -2.09. The van der Waals surface area contributed by atoms with Gasteiger partial charge in [-0.1, -0.05) is 78.9 Å². The maximum absolute atomic E-state index is 6.43. The second-order valence-electron chi connectivity index (χ2n) is 10.8. The van der Waals surface area contributed by atoms with Crippen molar-refractivity contribution < 1.29 is 8.83 Å². The van der Waals surface area contributed by atoms with Crippen LogP contribution in [-0.4, -0.2) is 4.98 Å². The number of furan rings is 1. The molecule has 0 bridgehead atoms. The van der Waals surface area contributed by atoms with E-state index < -0.39 is 0 Å². The Morgan fingerprint density at radius 2 is 1.14 bits per heavy atom. The van der Waals surface area contributed by atoms with Gasteiger partial charge >= 0.3 is 0 Å². The van der Waals surface area contributed by atoms with Crippen LogP contribution in [0.4, 0.5) is 17.1 Å². The molecule has 0 aliphatic carbocycles. The van der Waals surface area contributed by atoms with Gasteiger partial charge in [-0.15, -0.1) is 0 Å². The highest BCUT2D eigenvalue weighted by Crippen LogP contribution is 2.41. The van der Waals surface area contributed by atoms with Crippen LogP contribution in [0.25, 0.3) is 66.0 Å². The molecule has 2 aromatic heterocycles. The largest absolute Gasteiger partial charge is 0.456 e. The Bertz CT molecular complexity index is 2460. The Morgan fingerprint density at radius 1 is 0.465 bits per heavy atom. The number of anilines is 3. The third kappa shape index (κ3) is 3.81. The van der Waals surface area contributed by atoms with Gasteiger partial charge in [0, 0.05) is 44.9 Å². The Labute approximate surface area is 247 Å². The highest BCUT2D eigenvalue weighted by molar-refractivity contribution is 6.18. The van der Waals surface area contributed by atoms with Crippen LogP contribution in [0.2, 0.25) is 0 Å². The molecule has 0 fully saturated rings.